The number of benzene rings is 1. The van der Waals surface area contributed by atoms with Crippen LogP contribution in [0.1, 0.15) is 11.5 Å². The highest BCUT2D eigenvalue weighted by molar-refractivity contribution is 8.18. The summed E-state index contributed by atoms with van der Waals surface area (Å²) in [5.74, 6) is 1.47. The fraction of sp³-hybridized carbons (Fsp3) is 0.176. The molecule has 2 amide bonds. The Kier molecular flexibility index (Phi) is 4.97. The highest BCUT2D eigenvalue weighted by Crippen LogP contribution is 2.32. The van der Waals surface area contributed by atoms with E-state index in [0.717, 1.165) is 22.4 Å². The average Bonchev–Trinajstić information content (AvgIpc) is 3.07. The van der Waals surface area contributed by atoms with Crippen molar-refractivity contribution in [1.29, 1.82) is 0 Å². The summed E-state index contributed by atoms with van der Waals surface area (Å²) in [6.07, 6.45) is 1.58. The van der Waals surface area contributed by atoms with Crippen LogP contribution in [-0.2, 0) is 4.79 Å². The molecule has 0 aliphatic carbocycles. The van der Waals surface area contributed by atoms with Gasteiger partial charge in [-0.25, -0.2) is 0 Å². The zero-order chi connectivity index (χ0) is 17.1. The summed E-state index contributed by atoms with van der Waals surface area (Å²) in [7, 11) is 0. The molecule has 0 bridgehead atoms. The molecule has 1 aliphatic rings. The molecule has 1 saturated heterocycles. The quantitative estimate of drug-likeness (QED) is 0.739. The molecule has 1 aromatic carbocycles. The number of aryl methyl sites for hydroxylation is 1. The number of nitrogens with zero attached hydrogens (tertiary/aromatic N) is 1. The van der Waals surface area contributed by atoms with Crippen molar-refractivity contribution in [2.24, 2.45) is 0 Å². The molecule has 0 radical (unpaired) electrons. The first-order valence-electron chi connectivity index (χ1n) is 7.24. The number of imide groups is 1. The molecule has 7 heteroatoms. The van der Waals surface area contributed by atoms with Crippen molar-refractivity contribution < 1.29 is 18.7 Å². The first-order chi connectivity index (χ1) is 11.5. The van der Waals surface area contributed by atoms with Gasteiger partial charge in [0.25, 0.3) is 11.1 Å². The molecule has 0 saturated carbocycles. The molecule has 124 valence electrons. The second kappa shape index (κ2) is 7.15. The molecule has 24 heavy (non-hydrogen) atoms. The van der Waals surface area contributed by atoms with E-state index in [0.29, 0.717) is 21.4 Å². The van der Waals surface area contributed by atoms with Gasteiger partial charge in [-0.3, -0.25) is 14.5 Å². The Labute approximate surface area is 148 Å². The van der Waals surface area contributed by atoms with Crippen LogP contribution in [-0.4, -0.2) is 29.2 Å². The molecular formula is C17H14ClNO4S. The van der Waals surface area contributed by atoms with E-state index in [2.05, 4.69) is 0 Å². The Morgan fingerprint density at radius 1 is 1.25 bits per heavy atom. The number of amides is 2. The lowest BCUT2D eigenvalue weighted by Gasteiger charge is -2.13. The maximum Gasteiger partial charge on any atom is 0.293 e. The number of carbonyl (C=O) groups is 2. The summed E-state index contributed by atoms with van der Waals surface area (Å²) in [6, 6.07) is 10.6. The Bertz CT molecular complexity index is 814. The first kappa shape index (κ1) is 16.7. The van der Waals surface area contributed by atoms with Crippen molar-refractivity contribution in [3.63, 3.8) is 0 Å². The third-order valence-corrected chi connectivity index (χ3v) is 4.54. The van der Waals surface area contributed by atoms with Gasteiger partial charge >= 0.3 is 0 Å². The van der Waals surface area contributed by atoms with E-state index in [1.807, 2.05) is 6.92 Å². The lowest BCUT2D eigenvalue weighted by Crippen LogP contribution is -2.32. The van der Waals surface area contributed by atoms with Crippen LogP contribution in [0, 0.1) is 6.92 Å². The van der Waals surface area contributed by atoms with Crippen molar-refractivity contribution in [3.8, 4) is 5.75 Å². The Morgan fingerprint density at radius 3 is 2.75 bits per heavy atom. The number of rotatable bonds is 5. The zero-order valence-electron chi connectivity index (χ0n) is 12.8. The van der Waals surface area contributed by atoms with Gasteiger partial charge in [-0.05, 0) is 43.0 Å². The molecule has 1 aromatic heterocycles. The van der Waals surface area contributed by atoms with Gasteiger partial charge in [-0.15, -0.1) is 0 Å². The molecule has 2 aromatic rings. The van der Waals surface area contributed by atoms with E-state index in [1.54, 1.807) is 42.5 Å². The maximum atomic E-state index is 12.3. The lowest BCUT2D eigenvalue weighted by atomic mass is 10.3. The second-order valence-electron chi connectivity index (χ2n) is 5.06. The number of ether oxygens (including phenoxy) is 1. The summed E-state index contributed by atoms with van der Waals surface area (Å²) < 4.78 is 10.9. The van der Waals surface area contributed by atoms with Crippen LogP contribution in [0.15, 0.2) is 45.7 Å². The minimum absolute atomic E-state index is 0.157. The van der Waals surface area contributed by atoms with Crippen molar-refractivity contribution in [1.82, 2.24) is 4.90 Å². The van der Waals surface area contributed by atoms with Crippen LogP contribution in [0.5, 0.6) is 5.75 Å². The molecule has 0 N–H and O–H groups in total. The summed E-state index contributed by atoms with van der Waals surface area (Å²) in [5, 5.41) is 0.164. The third kappa shape index (κ3) is 3.66. The van der Waals surface area contributed by atoms with Crippen LogP contribution in [0.25, 0.3) is 6.08 Å². The highest BCUT2D eigenvalue weighted by atomic mass is 35.5. The van der Waals surface area contributed by atoms with Crippen LogP contribution in [0.4, 0.5) is 4.79 Å². The zero-order valence-corrected chi connectivity index (χ0v) is 14.4. The fourth-order valence-electron chi connectivity index (χ4n) is 2.16. The second-order valence-corrected chi connectivity index (χ2v) is 6.46. The number of carbonyl (C=O) groups excluding carboxylic acids is 2. The van der Waals surface area contributed by atoms with E-state index in [1.165, 1.54) is 0 Å². The van der Waals surface area contributed by atoms with E-state index < -0.39 is 0 Å². The van der Waals surface area contributed by atoms with E-state index in [-0.39, 0.29) is 24.3 Å². The SMILES string of the molecule is Cc1ccc(/C=C2\SC(=O)N(CCOc3ccccc3Cl)C2=O)o1. The molecule has 1 fully saturated rings. The average molecular weight is 364 g/mol. The van der Waals surface area contributed by atoms with Gasteiger partial charge in [0.1, 0.15) is 23.9 Å². The van der Waals surface area contributed by atoms with Gasteiger partial charge in [0.05, 0.1) is 16.5 Å². The minimum Gasteiger partial charge on any atom is -0.490 e. The monoisotopic (exact) mass is 363 g/mol. The topological polar surface area (TPSA) is 59.8 Å². The number of thioether (sulfide) groups is 1. The fourth-order valence-corrected chi connectivity index (χ4v) is 3.20. The number of furan rings is 1. The van der Waals surface area contributed by atoms with Gasteiger partial charge in [0.2, 0.25) is 0 Å². The molecule has 0 unspecified atom stereocenters. The highest BCUT2D eigenvalue weighted by Gasteiger charge is 2.35. The number of hydrogen-bond donors (Lipinski definition) is 0. The van der Waals surface area contributed by atoms with E-state index in [4.69, 9.17) is 20.8 Å². The van der Waals surface area contributed by atoms with Gasteiger partial charge in [0.15, 0.2) is 0 Å². The van der Waals surface area contributed by atoms with Crippen molar-refractivity contribution in [2.75, 3.05) is 13.2 Å². The number of halogens is 1. The standard InChI is InChI=1S/C17H14ClNO4S/c1-11-6-7-12(23-11)10-15-16(20)19(17(21)24-15)8-9-22-14-5-3-2-4-13(14)18/h2-7,10H,8-9H2,1H3/b15-10-. The maximum absolute atomic E-state index is 12.3. The van der Waals surface area contributed by atoms with Crippen LogP contribution in [0.3, 0.4) is 0 Å². The molecular weight excluding hydrogens is 350 g/mol. The smallest absolute Gasteiger partial charge is 0.293 e. The minimum atomic E-state index is -0.346. The summed E-state index contributed by atoms with van der Waals surface area (Å²) in [4.78, 5) is 25.8. The molecule has 3 rings (SSSR count). The van der Waals surface area contributed by atoms with E-state index in [9.17, 15) is 9.59 Å². The Balaban J connectivity index is 1.62. The molecule has 2 heterocycles. The summed E-state index contributed by atoms with van der Waals surface area (Å²) in [6.45, 7) is 2.15. The Hall–Kier alpha value is -2.18. The normalized spacial score (nSPS) is 16.2. The van der Waals surface area contributed by atoms with Gasteiger partial charge in [0, 0.05) is 6.08 Å². The lowest BCUT2D eigenvalue weighted by molar-refractivity contribution is -0.123. The van der Waals surface area contributed by atoms with Crippen molar-refractivity contribution in [3.05, 3.63) is 57.8 Å². The van der Waals surface area contributed by atoms with E-state index >= 15 is 0 Å². The number of hydrogen-bond acceptors (Lipinski definition) is 5. The van der Waals surface area contributed by atoms with Crippen LogP contribution >= 0.6 is 23.4 Å². The molecule has 0 spiro atoms. The Morgan fingerprint density at radius 2 is 2.04 bits per heavy atom. The van der Waals surface area contributed by atoms with Gasteiger partial charge in [-0.2, -0.15) is 0 Å². The third-order valence-electron chi connectivity index (χ3n) is 3.32. The van der Waals surface area contributed by atoms with Gasteiger partial charge in [-0.1, -0.05) is 23.7 Å². The van der Waals surface area contributed by atoms with Crippen LogP contribution in [0.2, 0.25) is 5.02 Å². The van der Waals surface area contributed by atoms with Crippen LogP contribution < -0.4 is 4.74 Å². The summed E-state index contributed by atoms with van der Waals surface area (Å²) in [5.41, 5.74) is 0. The molecule has 5 nitrogen and oxygen atoms in total. The number of para-hydroxylation sites is 1. The molecule has 1 aliphatic heterocycles. The van der Waals surface area contributed by atoms with Gasteiger partial charge < -0.3 is 9.15 Å². The largest absolute Gasteiger partial charge is 0.490 e. The molecule has 0 atom stereocenters. The van der Waals surface area contributed by atoms with Crippen molar-refractivity contribution in [2.45, 2.75) is 6.92 Å². The summed E-state index contributed by atoms with van der Waals surface area (Å²) >= 11 is 6.89. The van der Waals surface area contributed by atoms with Crippen molar-refractivity contribution >= 4 is 40.6 Å². The first-order valence-corrected chi connectivity index (χ1v) is 8.43. The predicted octanol–water partition coefficient (Wildman–Crippen LogP) is 4.36. The predicted molar refractivity (Wildman–Crippen MR) is 93.1 cm³/mol.